The fourth-order valence-electron chi connectivity index (χ4n) is 6.11. The number of unbranched alkanes of at least 4 members (excludes halogenated alkanes) is 15. The minimum absolute atomic E-state index is 0.126. The standard InChI is InChI=1S/C56H88O6/c1-4-7-10-13-16-19-21-23-25-27-29-30-32-34-37-40-43-46-49-55(58)61-52-53(51-60-54(57)48-45-42-39-36-18-15-12-9-6-3)62-56(59)50-47-44-41-38-35-33-31-28-26-24-22-20-17-14-11-8-5-2/h9-10,12-13,16,18-19,21,23-27,29-31,33,36,38,41,53H,4-8,11,14-15,17,20,22,28,32,34-35,37,39-40,42-52H2,1-3H3/b12-9-,13-10-,19-16-,23-21-,26-24-,27-25-,30-29-,33-31-,36-18-,41-38-. The van der Waals surface area contributed by atoms with E-state index in [1.165, 1.54) is 51.4 Å². The van der Waals surface area contributed by atoms with Gasteiger partial charge in [-0.1, -0.05) is 200 Å². The van der Waals surface area contributed by atoms with E-state index in [2.05, 4.69) is 106 Å². The van der Waals surface area contributed by atoms with Crippen LogP contribution in [0.5, 0.6) is 0 Å². The van der Waals surface area contributed by atoms with Gasteiger partial charge >= 0.3 is 17.9 Å². The fraction of sp³-hybridized carbons (Fsp3) is 0.589. The second-order valence-corrected chi connectivity index (χ2v) is 15.8. The third-order valence-corrected chi connectivity index (χ3v) is 9.78. The van der Waals surface area contributed by atoms with E-state index >= 15 is 0 Å². The molecule has 0 aromatic carbocycles. The molecule has 1 unspecified atom stereocenters. The molecule has 62 heavy (non-hydrogen) atoms. The Kier molecular flexibility index (Phi) is 46.1. The molecule has 0 fully saturated rings. The van der Waals surface area contributed by atoms with Crippen LogP contribution in [0.15, 0.2) is 122 Å². The highest BCUT2D eigenvalue weighted by Gasteiger charge is 2.19. The van der Waals surface area contributed by atoms with Gasteiger partial charge in [0.05, 0.1) is 0 Å². The van der Waals surface area contributed by atoms with Crippen LogP contribution in [-0.4, -0.2) is 37.2 Å². The Bertz CT molecular complexity index is 1350. The Hall–Kier alpha value is -4.19. The topological polar surface area (TPSA) is 78.9 Å². The largest absolute Gasteiger partial charge is 0.462 e. The highest BCUT2D eigenvalue weighted by molar-refractivity contribution is 5.71. The monoisotopic (exact) mass is 857 g/mol. The van der Waals surface area contributed by atoms with E-state index in [0.717, 1.165) is 96.3 Å². The summed E-state index contributed by atoms with van der Waals surface area (Å²) >= 11 is 0. The average molecular weight is 857 g/mol. The number of esters is 3. The average Bonchev–Trinajstić information content (AvgIpc) is 3.27. The van der Waals surface area contributed by atoms with Crippen molar-refractivity contribution in [1.29, 1.82) is 0 Å². The molecular formula is C56H88O6. The Morgan fingerprint density at radius 3 is 1.27 bits per heavy atom. The maximum absolute atomic E-state index is 12.7. The summed E-state index contributed by atoms with van der Waals surface area (Å²) in [5, 5.41) is 0. The van der Waals surface area contributed by atoms with Crippen LogP contribution in [0.4, 0.5) is 0 Å². The molecular weight excluding hydrogens is 769 g/mol. The molecule has 0 aliphatic rings. The first-order chi connectivity index (χ1) is 30.5. The summed E-state index contributed by atoms with van der Waals surface area (Å²) < 4.78 is 16.6. The van der Waals surface area contributed by atoms with Crippen LogP contribution in [0.25, 0.3) is 0 Å². The Labute approximate surface area is 380 Å². The van der Waals surface area contributed by atoms with Crippen molar-refractivity contribution < 1.29 is 28.6 Å². The summed E-state index contributed by atoms with van der Waals surface area (Å²) in [7, 11) is 0. The highest BCUT2D eigenvalue weighted by Crippen LogP contribution is 2.11. The Balaban J connectivity index is 4.52. The first kappa shape index (κ1) is 57.8. The van der Waals surface area contributed by atoms with Crippen molar-refractivity contribution in [3.63, 3.8) is 0 Å². The van der Waals surface area contributed by atoms with Gasteiger partial charge in [0.15, 0.2) is 6.10 Å². The SMILES string of the molecule is CC/C=C\C/C=C\CCCCC(=O)OCC(COC(=O)CCCCCCC\C=C/C=C\C=C/C=C\C=C/CCC)OC(=O)CCC/C=C\C/C=C\C/C=C\CCCCCCCC. The molecule has 0 rings (SSSR count). The number of allylic oxidation sites excluding steroid dienone is 20. The molecule has 0 saturated carbocycles. The molecule has 0 aromatic heterocycles. The molecule has 0 aromatic rings. The first-order valence-electron chi connectivity index (χ1n) is 24.6. The van der Waals surface area contributed by atoms with Crippen molar-refractivity contribution in [2.24, 2.45) is 0 Å². The quantitative estimate of drug-likeness (QED) is 0.0200. The van der Waals surface area contributed by atoms with E-state index in [4.69, 9.17) is 14.2 Å². The molecule has 348 valence electrons. The maximum Gasteiger partial charge on any atom is 0.306 e. The summed E-state index contributed by atoms with van der Waals surface area (Å²) in [6.07, 6.45) is 67.7. The fourth-order valence-corrected chi connectivity index (χ4v) is 6.11. The van der Waals surface area contributed by atoms with Crippen LogP contribution in [0.1, 0.15) is 194 Å². The number of hydrogen-bond acceptors (Lipinski definition) is 6. The molecule has 6 nitrogen and oxygen atoms in total. The van der Waals surface area contributed by atoms with Crippen molar-refractivity contribution in [2.45, 2.75) is 200 Å². The highest BCUT2D eigenvalue weighted by atomic mass is 16.6. The summed E-state index contributed by atoms with van der Waals surface area (Å²) in [6.45, 7) is 6.29. The van der Waals surface area contributed by atoms with E-state index in [-0.39, 0.29) is 37.5 Å². The van der Waals surface area contributed by atoms with Gasteiger partial charge in [-0.3, -0.25) is 14.4 Å². The maximum atomic E-state index is 12.7. The summed E-state index contributed by atoms with van der Waals surface area (Å²) in [6, 6.07) is 0. The lowest BCUT2D eigenvalue weighted by atomic mass is 10.1. The van der Waals surface area contributed by atoms with Gasteiger partial charge in [-0.05, 0) is 96.3 Å². The molecule has 0 heterocycles. The smallest absolute Gasteiger partial charge is 0.306 e. The molecule has 0 amide bonds. The van der Waals surface area contributed by atoms with Gasteiger partial charge in [0.2, 0.25) is 0 Å². The lowest BCUT2D eigenvalue weighted by molar-refractivity contribution is -0.167. The van der Waals surface area contributed by atoms with Gasteiger partial charge in [-0.25, -0.2) is 0 Å². The minimum Gasteiger partial charge on any atom is -0.462 e. The lowest BCUT2D eigenvalue weighted by Gasteiger charge is -2.18. The van der Waals surface area contributed by atoms with Gasteiger partial charge in [-0.2, -0.15) is 0 Å². The third-order valence-electron chi connectivity index (χ3n) is 9.78. The minimum atomic E-state index is -0.830. The number of ether oxygens (including phenoxy) is 3. The molecule has 1 atom stereocenters. The molecule has 6 heteroatoms. The zero-order chi connectivity index (χ0) is 45.1. The predicted octanol–water partition coefficient (Wildman–Crippen LogP) is 16.1. The van der Waals surface area contributed by atoms with Crippen molar-refractivity contribution in [3.8, 4) is 0 Å². The van der Waals surface area contributed by atoms with Crippen LogP contribution < -0.4 is 0 Å². The van der Waals surface area contributed by atoms with E-state index in [0.29, 0.717) is 19.3 Å². The molecule has 0 saturated heterocycles. The van der Waals surface area contributed by atoms with Crippen molar-refractivity contribution >= 4 is 17.9 Å². The number of hydrogen-bond donors (Lipinski definition) is 0. The van der Waals surface area contributed by atoms with E-state index in [1.54, 1.807) is 0 Å². The zero-order valence-electron chi connectivity index (χ0n) is 39.6. The molecule has 0 aliphatic carbocycles. The van der Waals surface area contributed by atoms with Gasteiger partial charge in [0.25, 0.3) is 0 Å². The van der Waals surface area contributed by atoms with Crippen molar-refractivity contribution in [3.05, 3.63) is 122 Å². The third kappa shape index (κ3) is 46.9. The van der Waals surface area contributed by atoms with Crippen LogP contribution in [0.3, 0.4) is 0 Å². The van der Waals surface area contributed by atoms with Gasteiger partial charge in [0.1, 0.15) is 13.2 Å². The Morgan fingerprint density at radius 2 is 0.742 bits per heavy atom. The molecule has 0 bridgehead atoms. The van der Waals surface area contributed by atoms with Crippen molar-refractivity contribution in [1.82, 2.24) is 0 Å². The van der Waals surface area contributed by atoms with Crippen LogP contribution in [-0.2, 0) is 28.6 Å². The van der Waals surface area contributed by atoms with Crippen molar-refractivity contribution in [2.75, 3.05) is 13.2 Å². The number of carbonyl (C=O) groups excluding carboxylic acids is 3. The molecule has 0 radical (unpaired) electrons. The van der Waals surface area contributed by atoms with Gasteiger partial charge < -0.3 is 14.2 Å². The summed E-state index contributed by atoms with van der Waals surface area (Å²) in [5.74, 6) is -1.05. The summed E-state index contributed by atoms with van der Waals surface area (Å²) in [4.78, 5) is 37.8. The van der Waals surface area contributed by atoms with Crippen LogP contribution in [0.2, 0.25) is 0 Å². The predicted molar refractivity (Wildman–Crippen MR) is 265 cm³/mol. The Morgan fingerprint density at radius 1 is 0.355 bits per heavy atom. The number of rotatable bonds is 42. The second-order valence-electron chi connectivity index (χ2n) is 15.8. The van der Waals surface area contributed by atoms with Gasteiger partial charge in [0, 0.05) is 19.3 Å². The molecule has 0 N–H and O–H groups in total. The molecule has 0 spiro atoms. The van der Waals surface area contributed by atoms with Gasteiger partial charge in [-0.15, -0.1) is 0 Å². The second kappa shape index (κ2) is 49.5. The van der Waals surface area contributed by atoms with E-state index in [9.17, 15) is 14.4 Å². The molecule has 0 aliphatic heterocycles. The normalized spacial score (nSPS) is 13.1. The van der Waals surface area contributed by atoms with E-state index in [1.807, 2.05) is 36.5 Å². The summed E-state index contributed by atoms with van der Waals surface area (Å²) in [5.41, 5.74) is 0. The van der Waals surface area contributed by atoms with E-state index < -0.39 is 6.10 Å². The lowest BCUT2D eigenvalue weighted by Crippen LogP contribution is -2.30. The first-order valence-corrected chi connectivity index (χ1v) is 24.6. The number of carbonyl (C=O) groups is 3. The van der Waals surface area contributed by atoms with Crippen LogP contribution in [0, 0.1) is 0 Å². The zero-order valence-corrected chi connectivity index (χ0v) is 39.6. The van der Waals surface area contributed by atoms with Crippen LogP contribution >= 0.6 is 0 Å².